The highest BCUT2D eigenvalue weighted by Crippen LogP contribution is 2.60. The Hall–Kier alpha value is -1.36. The second-order valence-corrected chi connectivity index (χ2v) is 8.92. The van der Waals surface area contributed by atoms with E-state index in [4.69, 9.17) is 4.74 Å². The number of carbonyl (C=O) groups excluding carboxylic acids is 2. The molecule has 25 heavy (non-hydrogen) atoms. The van der Waals surface area contributed by atoms with Crippen LogP contribution in [0.3, 0.4) is 0 Å². The van der Waals surface area contributed by atoms with Gasteiger partial charge in [-0.15, -0.1) is 0 Å². The van der Waals surface area contributed by atoms with Gasteiger partial charge in [0, 0.05) is 31.1 Å². The van der Waals surface area contributed by atoms with Crippen molar-refractivity contribution in [2.45, 2.75) is 58.0 Å². The van der Waals surface area contributed by atoms with Crippen LogP contribution in [0.25, 0.3) is 0 Å². The minimum Gasteiger partial charge on any atom is -0.507 e. The smallest absolute Gasteiger partial charge is 0.302 e. The van der Waals surface area contributed by atoms with Crippen LogP contribution < -0.4 is 0 Å². The number of hydrogen-bond acceptors (Lipinski definition) is 4. The Morgan fingerprint density at radius 3 is 2.84 bits per heavy atom. The average Bonchev–Trinajstić information content (AvgIpc) is 2.84. The van der Waals surface area contributed by atoms with Crippen LogP contribution in [0.2, 0.25) is 0 Å². The van der Waals surface area contributed by atoms with E-state index in [9.17, 15) is 14.7 Å². The third-order valence-corrected chi connectivity index (χ3v) is 7.45. The van der Waals surface area contributed by atoms with Crippen LogP contribution >= 0.6 is 15.9 Å². The number of Topliss-reactive ketones (excluding diaryl/α,β-unsaturated/α-hetero) is 1. The molecule has 2 saturated carbocycles. The van der Waals surface area contributed by atoms with Gasteiger partial charge in [-0.2, -0.15) is 0 Å². The first kappa shape index (κ1) is 17.1. The normalized spacial score (nSPS) is 36.4. The molecule has 0 spiro atoms. The molecule has 0 heterocycles. The third-order valence-electron chi connectivity index (χ3n) is 6.82. The second kappa shape index (κ2) is 5.83. The summed E-state index contributed by atoms with van der Waals surface area (Å²) in [6.45, 7) is 3.56. The lowest BCUT2D eigenvalue weighted by molar-refractivity contribution is -0.155. The maximum Gasteiger partial charge on any atom is 0.302 e. The van der Waals surface area contributed by atoms with E-state index in [2.05, 4.69) is 22.9 Å². The van der Waals surface area contributed by atoms with Gasteiger partial charge in [-0.05, 0) is 70.3 Å². The van der Waals surface area contributed by atoms with Crippen LogP contribution in [-0.2, 0) is 20.7 Å². The highest BCUT2D eigenvalue weighted by molar-refractivity contribution is 9.10. The van der Waals surface area contributed by atoms with E-state index in [0.717, 1.165) is 24.8 Å². The Kier molecular flexibility index (Phi) is 3.98. The first-order valence-electron chi connectivity index (χ1n) is 9.03. The van der Waals surface area contributed by atoms with Crippen LogP contribution in [-0.4, -0.2) is 23.0 Å². The molecule has 4 unspecified atom stereocenters. The zero-order valence-electron chi connectivity index (χ0n) is 14.5. The molecule has 4 rings (SSSR count). The number of carbonyl (C=O) groups is 2. The largest absolute Gasteiger partial charge is 0.507 e. The van der Waals surface area contributed by atoms with Gasteiger partial charge in [0.2, 0.25) is 0 Å². The van der Waals surface area contributed by atoms with E-state index in [1.54, 1.807) is 6.07 Å². The summed E-state index contributed by atoms with van der Waals surface area (Å²) in [7, 11) is 0. The lowest BCUT2D eigenvalue weighted by Gasteiger charge is -2.50. The van der Waals surface area contributed by atoms with E-state index in [0.29, 0.717) is 23.1 Å². The van der Waals surface area contributed by atoms with Crippen LogP contribution in [0, 0.1) is 17.3 Å². The van der Waals surface area contributed by atoms with E-state index < -0.39 is 0 Å². The molecule has 0 bridgehead atoms. The van der Waals surface area contributed by atoms with E-state index in [1.807, 2.05) is 6.07 Å². The monoisotopic (exact) mass is 406 g/mol. The van der Waals surface area contributed by atoms with Crippen molar-refractivity contribution in [1.82, 2.24) is 0 Å². The average molecular weight is 407 g/mol. The summed E-state index contributed by atoms with van der Waals surface area (Å²) >= 11 is 3.43. The van der Waals surface area contributed by atoms with Crippen molar-refractivity contribution >= 4 is 27.7 Å². The van der Waals surface area contributed by atoms with Gasteiger partial charge in [0.25, 0.3) is 0 Å². The van der Waals surface area contributed by atoms with Crippen LogP contribution in [0.1, 0.15) is 56.6 Å². The number of halogens is 1. The van der Waals surface area contributed by atoms with Crippen LogP contribution in [0.5, 0.6) is 5.75 Å². The lowest BCUT2D eigenvalue weighted by Crippen LogP contribution is -2.49. The van der Waals surface area contributed by atoms with Crippen LogP contribution in [0.4, 0.5) is 0 Å². The number of ketones is 1. The zero-order valence-corrected chi connectivity index (χ0v) is 16.1. The van der Waals surface area contributed by atoms with E-state index in [1.165, 1.54) is 12.5 Å². The number of aromatic hydroxyl groups is 1. The molecular formula is C20H23BrO4. The number of benzene rings is 1. The maximum absolute atomic E-state index is 12.5. The summed E-state index contributed by atoms with van der Waals surface area (Å²) in [6, 6.07) is 3.81. The Bertz CT molecular complexity index is 758. The van der Waals surface area contributed by atoms with Crippen molar-refractivity contribution in [3.63, 3.8) is 0 Å². The number of phenolic OH excluding ortho intramolecular Hbond substituents is 1. The lowest BCUT2D eigenvalue weighted by atomic mass is 9.55. The summed E-state index contributed by atoms with van der Waals surface area (Å²) in [5.74, 6) is 1.03. The maximum atomic E-state index is 12.5. The molecule has 1 N–H and O–H groups in total. The molecule has 2 fully saturated rings. The van der Waals surface area contributed by atoms with Crippen molar-refractivity contribution < 1.29 is 19.4 Å². The standard InChI is InChI=1S/C20H23BrO4/c1-10(22)25-17-8-11-7-16(23)15(21)9-13(11)12-5-6-20(2)14(19(12)17)3-4-18(20)24/h7,9,12,14,17,19,23H,3-6,8H2,1-2H3/t12?,14?,17?,19?,20-/m0/s1. The summed E-state index contributed by atoms with van der Waals surface area (Å²) in [6.07, 6.45) is 3.74. The number of phenols is 1. The molecule has 134 valence electrons. The SMILES string of the molecule is CC(=O)OC1Cc2cc(O)c(Br)cc2C2CC[C@]3(C)C(=O)CCC3C12. The fourth-order valence-electron chi connectivity index (χ4n) is 5.68. The van der Waals surface area contributed by atoms with Gasteiger partial charge < -0.3 is 9.84 Å². The number of rotatable bonds is 1. The molecule has 0 radical (unpaired) electrons. The first-order chi connectivity index (χ1) is 11.8. The summed E-state index contributed by atoms with van der Waals surface area (Å²) < 4.78 is 6.43. The molecular weight excluding hydrogens is 384 g/mol. The molecule has 5 heteroatoms. The topological polar surface area (TPSA) is 63.6 Å². The van der Waals surface area contributed by atoms with Gasteiger partial charge in [-0.25, -0.2) is 0 Å². The molecule has 0 amide bonds. The Morgan fingerprint density at radius 1 is 1.36 bits per heavy atom. The third kappa shape index (κ3) is 2.54. The van der Waals surface area contributed by atoms with Gasteiger partial charge in [0.05, 0.1) is 4.47 Å². The quantitative estimate of drug-likeness (QED) is 0.712. The van der Waals surface area contributed by atoms with E-state index in [-0.39, 0.29) is 41.0 Å². The predicted molar refractivity (Wildman–Crippen MR) is 96.4 cm³/mol. The van der Waals surface area contributed by atoms with Crippen molar-refractivity contribution in [2.75, 3.05) is 0 Å². The molecule has 1 aromatic rings. The molecule has 3 aliphatic carbocycles. The minimum atomic E-state index is -0.273. The van der Waals surface area contributed by atoms with Crippen molar-refractivity contribution in [3.8, 4) is 5.75 Å². The minimum absolute atomic E-state index is 0.179. The molecule has 1 aromatic carbocycles. The predicted octanol–water partition coefficient (Wildman–Crippen LogP) is 4.12. The van der Waals surface area contributed by atoms with E-state index >= 15 is 0 Å². The summed E-state index contributed by atoms with van der Waals surface area (Å²) in [5.41, 5.74) is 2.02. The Morgan fingerprint density at radius 2 is 2.12 bits per heavy atom. The number of ether oxygens (including phenoxy) is 1. The van der Waals surface area contributed by atoms with Gasteiger partial charge in [-0.3, -0.25) is 9.59 Å². The zero-order chi connectivity index (χ0) is 17.9. The molecule has 0 aliphatic heterocycles. The highest BCUT2D eigenvalue weighted by Gasteiger charge is 2.57. The van der Waals surface area contributed by atoms with Crippen molar-refractivity contribution in [2.24, 2.45) is 17.3 Å². The molecule has 3 aliphatic rings. The Labute approximate surface area is 156 Å². The highest BCUT2D eigenvalue weighted by atomic mass is 79.9. The second-order valence-electron chi connectivity index (χ2n) is 8.06. The van der Waals surface area contributed by atoms with Gasteiger partial charge in [0.1, 0.15) is 17.6 Å². The molecule has 5 atom stereocenters. The van der Waals surface area contributed by atoms with Crippen LogP contribution in [0.15, 0.2) is 16.6 Å². The van der Waals surface area contributed by atoms with Crippen molar-refractivity contribution in [3.05, 3.63) is 27.7 Å². The molecule has 0 aromatic heterocycles. The number of hydrogen-bond donors (Lipinski definition) is 1. The number of esters is 1. The molecule has 0 saturated heterocycles. The first-order valence-corrected chi connectivity index (χ1v) is 9.82. The summed E-state index contributed by atoms with van der Waals surface area (Å²) in [4.78, 5) is 24.2. The van der Waals surface area contributed by atoms with Crippen molar-refractivity contribution in [1.29, 1.82) is 0 Å². The number of fused-ring (bicyclic) bond motifs is 5. The Balaban J connectivity index is 1.81. The summed E-state index contributed by atoms with van der Waals surface area (Å²) in [5, 5.41) is 10.1. The fourth-order valence-corrected chi connectivity index (χ4v) is 6.04. The van der Waals surface area contributed by atoms with Gasteiger partial charge in [0.15, 0.2) is 0 Å². The van der Waals surface area contributed by atoms with Gasteiger partial charge in [-0.1, -0.05) is 6.92 Å². The van der Waals surface area contributed by atoms with Gasteiger partial charge >= 0.3 is 5.97 Å². The fraction of sp³-hybridized carbons (Fsp3) is 0.600. The molecule has 4 nitrogen and oxygen atoms in total.